The molecule has 1 unspecified atom stereocenters. The third kappa shape index (κ3) is 3.17. The van der Waals surface area contributed by atoms with Gasteiger partial charge in [0.2, 0.25) is 0 Å². The minimum atomic E-state index is -4.40. The van der Waals surface area contributed by atoms with E-state index in [9.17, 15) is 13.2 Å². The highest BCUT2D eigenvalue weighted by molar-refractivity contribution is 5.22. The molecule has 0 aliphatic carbocycles. The topological polar surface area (TPSA) is 34.1 Å². The molecule has 94 valence electrons. The molecule has 1 atom stereocenters. The summed E-state index contributed by atoms with van der Waals surface area (Å²) in [4.78, 5) is 3.34. The lowest BCUT2D eigenvalue weighted by molar-refractivity contribution is -0.141. The predicted molar refractivity (Wildman–Crippen MR) is 55.4 cm³/mol. The summed E-state index contributed by atoms with van der Waals surface area (Å²) < 4.78 is 42.8. The second kappa shape index (κ2) is 5.01. The molecule has 0 saturated carbocycles. The number of nitrogens with one attached hydrogen (secondary N) is 1. The summed E-state index contributed by atoms with van der Waals surface area (Å²) in [6.45, 7) is 1.77. The van der Waals surface area contributed by atoms with Crippen LogP contribution in [0.25, 0.3) is 0 Å². The molecule has 2 rings (SSSR count). The van der Waals surface area contributed by atoms with Crippen molar-refractivity contribution in [3.8, 4) is 0 Å². The van der Waals surface area contributed by atoms with Gasteiger partial charge in [-0.1, -0.05) is 0 Å². The van der Waals surface area contributed by atoms with Crippen LogP contribution in [0, 0.1) is 0 Å². The fourth-order valence-corrected chi connectivity index (χ4v) is 1.74. The molecule has 0 radical (unpaired) electrons. The lowest BCUT2D eigenvalue weighted by Crippen LogP contribution is -2.24. The largest absolute Gasteiger partial charge is 0.433 e. The fourth-order valence-electron chi connectivity index (χ4n) is 1.74. The van der Waals surface area contributed by atoms with Crippen molar-refractivity contribution in [1.82, 2.24) is 10.3 Å². The number of halogens is 3. The van der Waals surface area contributed by atoms with Crippen LogP contribution >= 0.6 is 0 Å². The minimum Gasteiger partial charge on any atom is -0.379 e. The monoisotopic (exact) mass is 246 g/mol. The van der Waals surface area contributed by atoms with E-state index in [0.717, 1.165) is 19.0 Å². The van der Waals surface area contributed by atoms with Crippen LogP contribution in [0.2, 0.25) is 0 Å². The number of ether oxygens (including phenoxy) is 1. The Kier molecular flexibility index (Phi) is 3.63. The van der Waals surface area contributed by atoms with Crippen LogP contribution in [0.1, 0.15) is 23.7 Å². The number of rotatable bonds is 1. The van der Waals surface area contributed by atoms with E-state index in [1.165, 1.54) is 6.20 Å². The highest BCUT2D eigenvalue weighted by atomic mass is 19.4. The molecule has 1 N–H and O–H groups in total. The Labute approximate surface area is 97.0 Å². The van der Waals surface area contributed by atoms with Gasteiger partial charge in [0.15, 0.2) is 0 Å². The first-order valence-corrected chi connectivity index (χ1v) is 5.41. The Hall–Kier alpha value is -1.14. The first-order chi connectivity index (χ1) is 8.07. The Bertz CT molecular complexity index is 373. The van der Waals surface area contributed by atoms with E-state index in [1.807, 2.05) is 0 Å². The van der Waals surface area contributed by atoms with Crippen molar-refractivity contribution < 1.29 is 17.9 Å². The summed E-state index contributed by atoms with van der Waals surface area (Å²) in [7, 11) is 0. The Morgan fingerprint density at radius 2 is 2.24 bits per heavy atom. The maximum atomic E-state index is 12.5. The molecule has 17 heavy (non-hydrogen) atoms. The average Bonchev–Trinajstić information content (AvgIpc) is 2.56. The molecule has 0 aromatic carbocycles. The summed E-state index contributed by atoms with van der Waals surface area (Å²) in [6.07, 6.45) is -2.35. The van der Waals surface area contributed by atoms with Crippen LogP contribution in [0.4, 0.5) is 13.2 Å². The molecule has 1 saturated heterocycles. The van der Waals surface area contributed by atoms with E-state index in [1.54, 1.807) is 6.07 Å². The second-order valence-electron chi connectivity index (χ2n) is 3.91. The Morgan fingerprint density at radius 3 is 3.00 bits per heavy atom. The third-order valence-corrected chi connectivity index (χ3v) is 2.62. The fraction of sp³-hybridized carbons (Fsp3) is 0.545. The number of pyridine rings is 1. The van der Waals surface area contributed by atoms with Crippen molar-refractivity contribution in [2.45, 2.75) is 18.6 Å². The van der Waals surface area contributed by atoms with Crippen LogP contribution in [-0.4, -0.2) is 24.7 Å². The van der Waals surface area contributed by atoms with Crippen LogP contribution < -0.4 is 5.32 Å². The van der Waals surface area contributed by atoms with Gasteiger partial charge in [-0.3, -0.25) is 4.98 Å². The van der Waals surface area contributed by atoms with Crippen molar-refractivity contribution in [2.24, 2.45) is 0 Å². The summed E-state index contributed by atoms with van der Waals surface area (Å²) >= 11 is 0. The van der Waals surface area contributed by atoms with Crippen LogP contribution in [-0.2, 0) is 10.9 Å². The molecule has 1 aliphatic rings. The van der Waals surface area contributed by atoms with Gasteiger partial charge in [-0.05, 0) is 30.7 Å². The zero-order chi connectivity index (χ0) is 12.3. The van der Waals surface area contributed by atoms with Gasteiger partial charge in [0.05, 0.1) is 12.6 Å². The molecular weight excluding hydrogens is 233 g/mol. The summed E-state index contributed by atoms with van der Waals surface area (Å²) in [5.74, 6) is 0. The first-order valence-electron chi connectivity index (χ1n) is 5.41. The molecule has 6 heteroatoms. The molecular formula is C11H13F3N2O. The predicted octanol–water partition coefficient (Wildman–Crippen LogP) is 2.15. The van der Waals surface area contributed by atoms with Crippen molar-refractivity contribution in [3.05, 3.63) is 29.6 Å². The van der Waals surface area contributed by atoms with Crippen molar-refractivity contribution in [2.75, 3.05) is 19.8 Å². The number of hydrogen-bond donors (Lipinski definition) is 1. The lowest BCUT2D eigenvalue weighted by Gasteiger charge is -2.16. The van der Waals surface area contributed by atoms with Crippen molar-refractivity contribution >= 4 is 0 Å². The summed E-state index contributed by atoms with van der Waals surface area (Å²) in [6, 6.07) is 2.47. The van der Waals surface area contributed by atoms with Gasteiger partial charge in [0.1, 0.15) is 5.69 Å². The molecule has 0 bridgehead atoms. The Morgan fingerprint density at radius 1 is 1.41 bits per heavy atom. The van der Waals surface area contributed by atoms with Gasteiger partial charge in [-0.25, -0.2) is 0 Å². The average molecular weight is 246 g/mol. The van der Waals surface area contributed by atoms with Gasteiger partial charge in [-0.15, -0.1) is 0 Å². The standard InChI is InChI=1S/C11H13F3N2O/c12-11(13,14)10-6-8(2-4-16-10)9-7-17-5-1-3-15-9/h2,4,6,9,15H,1,3,5,7H2. The zero-order valence-electron chi connectivity index (χ0n) is 9.13. The summed E-state index contributed by atoms with van der Waals surface area (Å²) in [5, 5.41) is 3.16. The molecule has 3 nitrogen and oxygen atoms in total. The van der Waals surface area contributed by atoms with E-state index >= 15 is 0 Å². The van der Waals surface area contributed by atoms with Crippen LogP contribution in [0.3, 0.4) is 0 Å². The van der Waals surface area contributed by atoms with Crippen molar-refractivity contribution in [1.29, 1.82) is 0 Å². The molecule has 1 aliphatic heterocycles. The lowest BCUT2D eigenvalue weighted by atomic mass is 10.1. The molecule has 2 heterocycles. The first kappa shape index (κ1) is 12.3. The van der Waals surface area contributed by atoms with E-state index in [2.05, 4.69) is 10.3 Å². The normalized spacial score (nSPS) is 22.2. The molecule has 1 aromatic rings. The molecule has 1 fully saturated rings. The minimum absolute atomic E-state index is 0.193. The van der Waals surface area contributed by atoms with E-state index in [-0.39, 0.29) is 6.04 Å². The second-order valence-corrected chi connectivity index (χ2v) is 3.91. The van der Waals surface area contributed by atoms with Crippen LogP contribution in [0.15, 0.2) is 18.3 Å². The SMILES string of the molecule is FC(F)(F)c1cc(C2COCCCN2)ccn1. The number of nitrogens with zero attached hydrogens (tertiary/aromatic N) is 1. The molecule has 0 spiro atoms. The smallest absolute Gasteiger partial charge is 0.379 e. The molecule has 0 amide bonds. The summed E-state index contributed by atoms with van der Waals surface area (Å²) in [5.41, 5.74) is -0.296. The maximum Gasteiger partial charge on any atom is 0.433 e. The number of aromatic nitrogens is 1. The quantitative estimate of drug-likeness (QED) is 0.824. The highest BCUT2D eigenvalue weighted by Crippen LogP contribution is 2.29. The van der Waals surface area contributed by atoms with Gasteiger partial charge in [-0.2, -0.15) is 13.2 Å². The van der Waals surface area contributed by atoms with E-state index < -0.39 is 11.9 Å². The van der Waals surface area contributed by atoms with Gasteiger partial charge < -0.3 is 10.1 Å². The van der Waals surface area contributed by atoms with E-state index in [0.29, 0.717) is 18.8 Å². The van der Waals surface area contributed by atoms with Gasteiger partial charge >= 0.3 is 6.18 Å². The van der Waals surface area contributed by atoms with Gasteiger partial charge in [0, 0.05) is 12.8 Å². The van der Waals surface area contributed by atoms with Gasteiger partial charge in [0.25, 0.3) is 0 Å². The molecule has 1 aromatic heterocycles. The highest BCUT2D eigenvalue weighted by Gasteiger charge is 2.33. The van der Waals surface area contributed by atoms with Crippen LogP contribution in [0.5, 0.6) is 0 Å². The van der Waals surface area contributed by atoms with Crippen molar-refractivity contribution in [3.63, 3.8) is 0 Å². The van der Waals surface area contributed by atoms with E-state index in [4.69, 9.17) is 4.74 Å². The maximum absolute atomic E-state index is 12.5. The number of alkyl halides is 3. The third-order valence-electron chi connectivity index (χ3n) is 2.62. The number of hydrogen-bond acceptors (Lipinski definition) is 3. The Balaban J connectivity index is 2.20. The zero-order valence-corrected chi connectivity index (χ0v) is 9.13.